The van der Waals surface area contributed by atoms with E-state index in [0.717, 1.165) is 6.42 Å². The molecule has 1 unspecified atom stereocenters. The van der Waals surface area contributed by atoms with Gasteiger partial charge in [0.25, 0.3) is 0 Å². The molecule has 0 saturated carbocycles. The molecule has 1 atom stereocenters. The van der Waals surface area contributed by atoms with Crippen molar-refractivity contribution in [3.8, 4) is 0 Å². The van der Waals surface area contributed by atoms with Gasteiger partial charge in [0, 0.05) is 19.7 Å². The summed E-state index contributed by atoms with van der Waals surface area (Å²) in [6, 6.07) is 0. The van der Waals surface area contributed by atoms with Gasteiger partial charge >= 0.3 is 0 Å². The minimum atomic E-state index is -0.738. The Hall–Kier alpha value is -1.10. The monoisotopic (exact) mass is 226 g/mol. The molecule has 0 aromatic carbocycles. The van der Waals surface area contributed by atoms with E-state index in [-0.39, 0.29) is 17.7 Å². The summed E-state index contributed by atoms with van der Waals surface area (Å²) in [7, 11) is 0. The third kappa shape index (κ3) is 1.80. The molecule has 2 fully saturated rings. The minimum absolute atomic E-state index is 0.0531. The van der Waals surface area contributed by atoms with Crippen LogP contribution in [0.15, 0.2) is 0 Å². The van der Waals surface area contributed by atoms with Gasteiger partial charge in [0.2, 0.25) is 11.8 Å². The standard InChI is InChI=1S/C11H18N2O3/c1-11(2)10(15)12-4-5-13(11)9(14)8-3-6-16-7-8/h8H,3-7H2,1-2H3,(H,12,15). The third-order valence-electron chi connectivity index (χ3n) is 3.40. The van der Waals surface area contributed by atoms with Crippen LogP contribution in [-0.2, 0) is 14.3 Å². The van der Waals surface area contributed by atoms with Crippen LogP contribution in [0.25, 0.3) is 0 Å². The van der Waals surface area contributed by atoms with E-state index in [4.69, 9.17) is 4.74 Å². The van der Waals surface area contributed by atoms with Gasteiger partial charge in [0.1, 0.15) is 5.54 Å². The number of nitrogens with one attached hydrogen (secondary N) is 1. The summed E-state index contributed by atoms with van der Waals surface area (Å²) >= 11 is 0. The second-order valence-electron chi connectivity index (χ2n) is 4.87. The van der Waals surface area contributed by atoms with E-state index in [1.54, 1.807) is 18.7 Å². The van der Waals surface area contributed by atoms with Crippen molar-refractivity contribution in [2.45, 2.75) is 25.8 Å². The predicted octanol–water partition coefficient (Wildman–Crippen LogP) is -0.240. The molecule has 2 heterocycles. The van der Waals surface area contributed by atoms with Crippen LogP contribution in [0.2, 0.25) is 0 Å². The maximum absolute atomic E-state index is 12.2. The van der Waals surface area contributed by atoms with Crippen LogP contribution in [0, 0.1) is 5.92 Å². The van der Waals surface area contributed by atoms with E-state index in [1.807, 2.05) is 0 Å². The fraction of sp³-hybridized carbons (Fsp3) is 0.818. The largest absolute Gasteiger partial charge is 0.381 e. The number of nitrogens with zero attached hydrogens (tertiary/aromatic N) is 1. The molecule has 2 aliphatic rings. The van der Waals surface area contributed by atoms with Crippen molar-refractivity contribution >= 4 is 11.8 Å². The van der Waals surface area contributed by atoms with Crippen LogP contribution in [0.4, 0.5) is 0 Å². The van der Waals surface area contributed by atoms with Crippen LogP contribution in [0.5, 0.6) is 0 Å². The van der Waals surface area contributed by atoms with Crippen molar-refractivity contribution in [1.82, 2.24) is 10.2 Å². The number of hydrogen-bond acceptors (Lipinski definition) is 3. The summed E-state index contributed by atoms with van der Waals surface area (Å²) in [5, 5.41) is 2.78. The average Bonchev–Trinajstić information content (AvgIpc) is 2.74. The Kier molecular flexibility index (Phi) is 2.88. The smallest absolute Gasteiger partial charge is 0.245 e. The molecule has 0 radical (unpaired) electrons. The molecule has 5 nitrogen and oxygen atoms in total. The van der Waals surface area contributed by atoms with Gasteiger partial charge in [-0.2, -0.15) is 0 Å². The van der Waals surface area contributed by atoms with Crippen molar-refractivity contribution in [2.24, 2.45) is 5.92 Å². The molecule has 0 bridgehead atoms. The summed E-state index contributed by atoms with van der Waals surface area (Å²) in [4.78, 5) is 25.6. The van der Waals surface area contributed by atoms with Crippen LogP contribution in [0.3, 0.4) is 0 Å². The number of carbonyl (C=O) groups is 2. The summed E-state index contributed by atoms with van der Waals surface area (Å²) < 4.78 is 5.22. The first-order chi connectivity index (χ1) is 7.53. The number of hydrogen-bond donors (Lipinski definition) is 1. The number of ether oxygens (including phenoxy) is 1. The van der Waals surface area contributed by atoms with Crippen molar-refractivity contribution in [2.75, 3.05) is 26.3 Å². The Bertz CT molecular complexity index is 308. The van der Waals surface area contributed by atoms with E-state index in [9.17, 15) is 9.59 Å². The van der Waals surface area contributed by atoms with E-state index in [1.165, 1.54) is 0 Å². The highest BCUT2D eigenvalue weighted by Crippen LogP contribution is 2.23. The Balaban J connectivity index is 2.12. The van der Waals surface area contributed by atoms with Crippen molar-refractivity contribution in [1.29, 1.82) is 0 Å². The van der Waals surface area contributed by atoms with Gasteiger partial charge in [-0.05, 0) is 20.3 Å². The fourth-order valence-corrected chi connectivity index (χ4v) is 2.23. The summed E-state index contributed by atoms with van der Waals surface area (Å²) in [5.74, 6) is -0.0893. The molecule has 1 N–H and O–H groups in total. The van der Waals surface area contributed by atoms with Gasteiger partial charge in [-0.15, -0.1) is 0 Å². The maximum atomic E-state index is 12.2. The maximum Gasteiger partial charge on any atom is 0.245 e. The summed E-state index contributed by atoms with van der Waals surface area (Å²) in [5.41, 5.74) is -0.738. The van der Waals surface area contributed by atoms with E-state index < -0.39 is 5.54 Å². The molecule has 2 amide bonds. The highest BCUT2D eigenvalue weighted by Gasteiger charge is 2.42. The molecule has 2 saturated heterocycles. The van der Waals surface area contributed by atoms with Crippen molar-refractivity contribution in [3.63, 3.8) is 0 Å². The van der Waals surface area contributed by atoms with Crippen LogP contribution in [0.1, 0.15) is 20.3 Å². The van der Waals surface area contributed by atoms with Crippen LogP contribution < -0.4 is 5.32 Å². The van der Waals surface area contributed by atoms with Gasteiger partial charge in [-0.1, -0.05) is 0 Å². The fourth-order valence-electron chi connectivity index (χ4n) is 2.23. The lowest BCUT2D eigenvalue weighted by atomic mass is 9.96. The lowest BCUT2D eigenvalue weighted by molar-refractivity contribution is -0.152. The highest BCUT2D eigenvalue weighted by atomic mass is 16.5. The van der Waals surface area contributed by atoms with Crippen LogP contribution in [-0.4, -0.2) is 48.6 Å². The molecule has 0 spiro atoms. The third-order valence-corrected chi connectivity index (χ3v) is 3.40. The topological polar surface area (TPSA) is 58.6 Å². The summed E-state index contributed by atoms with van der Waals surface area (Å²) in [6.45, 7) is 5.85. The Morgan fingerprint density at radius 2 is 2.31 bits per heavy atom. The van der Waals surface area contributed by atoms with Crippen LogP contribution >= 0.6 is 0 Å². The Labute approximate surface area is 95.1 Å². The average molecular weight is 226 g/mol. The number of piperazine rings is 1. The van der Waals surface area contributed by atoms with E-state index >= 15 is 0 Å². The first kappa shape index (κ1) is 11.4. The van der Waals surface area contributed by atoms with Gasteiger partial charge in [0.15, 0.2) is 0 Å². The van der Waals surface area contributed by atoms with Gasteiger partial charge in [-0.3, -0.25) is 9.59 Å². The normalized spacial score (nSPS) is 29.0. The predicted molar refractivity (Wildman–Crippen MR) is 57.7 cm³/mol. The molecular weight excluding hydrogens is 208 g/mol. The summed E-state index contributed by atoms with van der Waals surface area (Å²) in [6.07, 6.45) is 0.771. The number of amides is 2. The molecule has 2 aliphatic heterocycles. The first-order valence-corrected chi connectivity index (χ1v) is 5.71. The number of rotatable bonds is 1. The number of carbonyl (C=O) groups excluding carboxylic acids is 2. The molecule has 90 valence electrons. The Morgan fingerprint density at radius 1 is 1.56 bits per heavy atom. The van der Waals surface area contributed by atoms with Crippen molar-refractivity contribution < 1.29 is 14.3 Å². The van der Waals surface area contributed by atoms with Gasteiger partial charge < -0.3 is 15.0 Å². The van der Waals surface area contributed by atoms with Crippen molar-refractivity contribution in [3.05, 3.63) is 0 Å². The SMILES string of the molecule is CC1(C)C(=O)NCCN1C(=O)C1CCOC1. The molecule has 0 aliphatic carbocycles. The lowest BCUT2D eigenvalue weighted by Crippen LogP contribution is -2.64. The van der Waals surface area contributed by atoms with Gasteiger partial charge in [-0.25, -0.2) is 0 Å². The zero-order chi connectivity index (χ0) is 11.8. The quantitative estimate of drug-likeness (QED) is 0.671. The molecule has 16 heavy (non-hydrogen) atoms. The molecule has 0 aromatic heterocycles. The molecule has 5 heteroatoms. The minimum Gasteiger partial charge on any atom is -0.381 e. The van der Waals surface area contributed by atoms with Gasteiger partial charge in [0.05, 0.1) is 12.5 Å². The zero-order valence-electron chi connectivity index (χ0n) is 9.78. The molecular formula is C11H18N2O3. The second-order valence-corrected chi connectivity index (χ2v) is 4.87. The zero-order valence-corrected chi connectivity index (χ0v) is 9.78. The molecule has 0 aromatic rings. The highest BCUT2D eigenvalue weighted by molar-refractivity contribution is 5.92. The lowest BCUT2D eigenvalue weighted by Gasteiger charge is -2.42. The van der Waals surface area contributed by atoms with E-state index in [0.29, 0.717) is 26.3 Å². The Morgan fingerprint density at radius 3 is 2.94 bits per heavy atom. The van der Waals surface area contributed by atoms with E-state index in [2.05, 4.69) is 5.32 Å². The first-order valence-electron chi connectivity index (χ1n) is 5.71. The second kappa shape index (κ2) is 4.05. The molecule has 2 rings (SSSR count).